The summed E-state index contributed by atoms with van der Waals surface area (Å²) in [6.45, 7) is 10.3. The van der Waals surface area contributed by atoms with Gasteiger partial charge in [-0.25, -0.2) is 4.79 Å². The predicted molar refractivity (Wildman–Crippen MR) is 164 cm³/mol. The standard InChI is InChI=1S/C34H43N3O5/c1-23(2)20-30(37(6)22-25-12-16-27(38)17-13-25)32(40)35-29(31(39)36-34(3,4)5)21-24-14-18-28(19-15-24)42-33(41)26-10-8-7-9-11-26/h7-19,23,29-30,38H,20-22H2,1-6H3,(H,35,40)(H,36,39)/t29-,30-/m0/s1. The average molecular weight is 574 g/mol. The van der Waals surface area contributed by atoms with Crippen LogP contribution in [0.2, 0.25) is 0 Å². The van der Waals surface area contributed by atoms with Crippen molar-refractivity contribution in [3.63, 3.8) is 0 Å². The molecule has 0 aromatic heterocycles. The van der Waals surface area contributed by atoms with Crippen molar-refractivity contribution < 1.29 is 24.2 Å². The summed E-state index contributed by atoms with van der Waals surface area (Å²) in [6, 6.07) is 21.3. The average Bonchev–Trinajstić information content (AvgIpc) is 2.93. The number of benzene rings is 3. The van der Waals surface area contributed by atoms with Gasteiger partial charge in [-0.1, -0.05) is 56.3 Å². The maximum atomic E-state index is 13.7. The van der Waals surface area contributed by atoms with Gasteiger partial charge < -0.3 is 20.5 Å². The fourth-order valence-electron chi connectivity index (χ4n) is 4.54. The summed E-state index contributed by atoms with van der Waals surface area (Å²) < 4.78 is 5.48. The molecular formula is C34H43N3O5. The van der Waals surface area contributed by atoms with Crippen LogP contribution >= 0.6 is 0 Å². The first kappa shape index (κ1) is 32.3. The number of amides is 2. The SMILES string of the molecule is CC(C)C[C@@H](C(=O)N[C@@H](Cc1ccc(OC(=O)c2ccccc2)cc1)C(=O)NC(C)(C)C)N(C)Cc1ccc(O)cc1. The van der Waals surface area contributed by atoms with E-state index in [0.717, 1.165) is 11.1 Å². The van der Waals surface area contributed by atoms with Crippen molar-refractivity contribution in [2.24, 2.45) is 5.92 Å². The molecule has 2 amide bonds. The molecule has 0 spiro atoms. The van der Waals surface area contributed by atoms with Gasteiger partial charge in [-0.15, -0.1) is 0 Å². The van der Waals surface area contributed by atoms with E-state index in [0.29, 0.717) is 24.3 Å². The number of rotatable bonds is 12. The molecule has 0 saturated heterocycles. The van der Waals surface area contributed by atoms with Gasteiger partial charge in [0.1, 0.15) is 17.5 Å². The number of likely N-dealkylation sites (N-methyl/N-ethyl adjacent to an activating group) is 1. The predicted octanol–water partition coefficient (Wildman–Crippen LogP) is 5.10. The van der Waals surface area contributed by atoms with Crippen LogP contribution in [0, 0.1) is 5.92 Å². The zero-order chi connectivity index (χ0) is 30.9. The molecule has 0 heterocycles. The van der Waals surface area contributed by atoms with E-state index >= 15 is 0 Å². The maximum Gasteiger partial charge on any atom is 0.343 e. The Kier molecular flexibility index (Phi) is 11.3. The van der Waals surface area contributed by atoms with E-state index in [2.05, 4.69) is 24.5 Å². The van der Waals surface area contributed by atoms with Crippen LogP contribution in [0.4, 0.5) is 0 Å². The molecule has 0 aliphatic rings. The Balaban J connectivity index is 1.76. The quantitative estimate of drug-likeness (QED) is 0.206. The molecule has 0 bridgehead atoms. The van der Waals surface area contributed by atoms with E-state index in [-0.39, 0.29) is 29.9 Å². The summed E-state index contributed by atoms with van der Waals surface area (Å²) in [6.07, 6.45) is 0.867. The van der Waals surface area contributed by atoms with Gasteiger partial charge in [0, 0.05) is 18.5 Å². The zero-order valence-corrected chi connectivity index (χ0v) is 25.4. The summed E-state index contributed by atoms with van der Waals surface area (Å²) >= 11 is 0. The lowest BCUT2D eigenvalue weighted by atomic mass is 9.99. The molecule has 0 unspecified atom stereocenters. The van der Waals surface area contributed by atoms with Crippen molar-refractivity contribution in [1.29, 1.82) is 0 Å². The number of aromatic hydroxyl groups is 1. The minimum absolute atomic E-state index is 0.188. The molecule has 0 aliphatic heterocycles. The van der Waals surface area contributed by atoms with Crippen LogP contribution < -0.4 is 15.4 Å². The van der Waals surface area contributed by atoms with Gasteiger partial charge in [0.2, 0.25) is 11.8 Å². The number of nitrogens with zero attached hydrogens (tertiary/aromatic N) is 1. The Bertz CT molecular complexity index is 1320. The molecule has 3 aromatic rings. The van der Waals surface area contributed by atoms with E-state index in [4.69, 9.17) is 4.74 Å². The fraction of sp³-hybridized carbons (Fsp3) is 0.382. The number of ether oxygens (including phenoxy) is 1. The maximum absolute atomic E-state index is 13.7. The minimum Gasteiger partial charge on any atom is -0.508 e. The van der Waals surface area contributed by atoms with Crippen LogP contribution in [0.5, 0.6) is 11.5 Å². The first-order valence-electron chi connectivity index (χ1n) is 14.3. The number of phenols is 1. The van der Waals surface area contributed by atoms with E-state index in [1.807, 2.05) is 50.9 Å². The Morgan fingerprint density at radius 3 is 2.02 bits per heavy atom. The summed E-state index contributed by atoms with van der Waals surface area (Å²) in [4.78, 5) is 41.5. The van der Waals surface area contributed by atoms with Crippen LogP contribution in [-0.2, 0) is 22.6 Å². The molecular weight excluding hydrogens is 530 g/mol. The van der Waals surface area contributed by atoms with Crippen molar-refractivity contribution in [2.75, 3.05) is 7.05 Å². The van der Waals surface area contributed by atoms with E-state index in [1.165, 1.54) is 0 Å². The molecule has 0 fully saturated rings. The molecule has 0 radical (unpaired) electrons. The Labute approximate surface area is 249 Å². The van der Waals surface area contributed by atoms with Crippen molar-refractivity contribution in [3.05, 3.63) is 95.6 Å². The number of esters is 1. The van der Waals surface area contributed by atoms with E-state index in [9.17, 15) is 19.5 Å². The van der Waals surface area contributed by atoms with Gasteiger partial charge in [0.25, 0.3) is 0 Å². The smallest absolute Gasteiger partial charge is 0.343 e. The highest BCUT2D eigenvalue weighted by Crippen LogP contribution is 2.19. The third kappa shape index (κ3) is 10.3. The molecule has 8 heteroatoms. The highest BCUT2D eigenvalue weighted by molar-refractivity contribution is 5.91. The number of hydrogen-bond donors (Lipinski definition) is 3. The molecule has 3 N–H and O–H groups in total. The lowest BCUT2D eigenvalue weighted by Crippen LogP contribution is -2.56. The van der Waals surface area contributed by atoms with Crippen LogP contribution in [0.15, 0.2) is 78.9 Å². The molecule has 3 aromatic carbocycles. The first-order chi connectivity index (χ1) is 19.8. The number of phenolic OH excluding ortho intramolecular Hbond substituents is 1. The van der Waals surface area contributed by atoms with Gasteiger partial charge in [-0.05, 0) is 87.7 Å². The van der Waals surface area contributed by atoms with Crippen molar-refractivity contribution >= 4 is 17.8 Å². The highest BCUT2D eigenvalue weighted by atomic mass is 16.5. The monoisotopic (exact) mass is 573 g/mol. The van der Waals surface area contributed by atoms with Crippen molar-refractivity contribution in [3.8, 4) is 11.5 Å². The Hall–Kier alpha value is -4.17. The summed E-state index contributed by atoms with van der Waals surface area (Å²) in [7, 11) is 1.89. The van der Waals surface area contributed by atoms with Crippen LogP contribution in [0.25, 0.3) is 0 Å². The summed E-state index contributed by atoms with van der Waals surface area (Å²) in [5, 5.41) is 15.6. The summed E-state index contributed by atoms with van der Waals surface area (Å²) in [5.74, 6) is -0.137. The Morgan fingerprint density at radius 2 is 1.45 bits per heavy atom. The number of hydrogen-bond acceptors (Lipinski definition) is 6. The van der Waals surface area contributed by atoms with Crippen LogP contribution in [-0.4, -0.2) is 52.5 Å². The molecule has 0 saturated carbocycles. The second kappa shape index (κ2) is 14.6. The van der Waals surface area contributed by atoms with Crippen LogP contribution in [0.3, 0.4) is 0 Å². The number of carbonyl (C=O) groups is 3. The van der Waals surface area contributed by atoms with E-state index in [1.54, 1.807) is 60.7 Å². The fourth-order valence-corrected chi connectivity index (χ4v) is 4.54. The molecule has 8 nitrogen and oxygen atoms in total. The van der Waals surface area contributed by atoms with Gasteiger partial charge >= 0.3 is 5.97 Å². The molecule has 2 atom stereocenters. The second-order valence-corrected chi connectivity index (χ2v) is 12.1. The molecule has 224 valence electrons. The topological polar surface area (TPSA) is 108 Å². The third-order valence-corrected chi connectivity index (χ3v) is 6.61. The zero-order valence-electron chi connectivity index (χ0n) is 25.4. The Morgan fingerprint density at radius 1 is 0.857 bits per heavy atom. The van der Waals surface area contributed by atoms with E-state index < -0.39 is 23.6 Å². The molecule has 42 heavy (non-hydrogen) atoms. The third-order valence-electron chi connectivity index (χ3n) is 6.61. The van der Waals surface area contributed by atoms with Gasteiger partial charge in [-0.2, -0.15) is 0 Å². The van der Waals surface area contributed by atoms with Crippen molar-refractivity contribution in [1.82, 2.24) is 15.5 Å². The highest BCUT2D eigenvalue weighted by Gasteiger charge is 2.30. The summed E-state index contributed by atoms with van der Waals surface area (Å²) in [5.41, 5.74) is 1.74. The van der Waals surface area contributed by atoms with Gasteiger partial charge in [0.05, 0.1) is 11.6 Å². The lowest BCUT2D eigenvalue weighted by Gasteiger charge is -2.31. The first-order valence-corrected chi connectivity index (χ1v) is 14.3. The molecule has 0 aliphatic carbocycles. The van der Waals surface area contributed by atoms with Gasteiger partial charge in [-0.3, -0.25) is 14.5 Å². The van der Waals surface area contributed by atoms with Crippen molar-refractivity contribution in [2.45, 2.75) is 71.6 Å². The largest absolute Gasteiger partial charge is 0.508 e. The van der Waals surface area contributed by atoms with Gasteiger partial charge in [0.15, 0.2) is 0 Å². The molecule has 3 rings (SSSR count). The van der Waals surface area contributed by atoms with Crippen LogP contribution in [0.1, 0.15) is 62.5 Å². The minimum atomic E-state index is -0.814. The number of carbonyl (C=O) groups excluding carboxylic acids is 3. The lowest BCUT2D eigenvalue weighted by molar-refractivity contribution is -0.132. The number of nitrogens with one attached hydrogen (secondary N) is 2. The normalized spacial score (nSPS) is 13.0. The second-order valence-electron chi connectivity index (χ2n) is 12.1.